The number of carbonyl (C=O) groups excluding carboxylic acids is 1. The number of rotatable bonds is 8. The lowest BCUT2D eigenvalue weighted by atomic mass is 10.2. The molecule has 1 aliphatic heterocycles. The predicted molar refractivity (Wildman–Crippen MR) is 127 cm³/mol. The molecule has 0 fully saturated rings. The Hall–Kier alpha value is -3.70. The highest BCUT2D eigenvalue weighted by Gasteiger charge is 2.37. The van der Waals surface area contributed by atoms with E-state index in [1.165, 1.54) is 29.0 Å². The molecule has 2 aromatic carbocycles. The van der Waals surface area contributed by atoms with Gasteiger partial charge in [0.1, 0.15) is 17.2 Å². The molecule has 2 amide bonds. The first-order valence-electron chi connectivity index (χ1n) is 10.7. The Kier molecular flexibility index (Phi) is 7.14. The second-order valence-corrected chi connectivity index (χ2v) is 8.27. The van der Waals surface area contributed by atoms with E-state index in [-0.39, 0.29) is 37.5 Å². The molecule has 0 spiro atoms. The van der Waals surface area contributed by atoms with Crippen LogP contribution in [-0.4, -0.2) is 54.2 Å². The number of anilines is 1. The monoisotopic (exact) mass is 522 g/mol. The average Bonchev–Trinajstić information content (AvgIpc) is 3.16. The zero-order chi connectivity index (χ0) is 26.0. The van der Waals surface area contributed by atoms with Crippen LogP contribution in [0, 0.1) is 0 Å². The van der Waals surface area contributed by atoms with Crippen LogP contribution in [0.3, 0.4) is 0 Å². The fourth-order valence-electron chi connectivity index (χ4n) is 3.70. The molecular weight excluding hydrogens is 501 g/mol. The summed E-state index contributed by atoms with van der Waals surface area (Å²) in [6, 6.07) is 11.9. The summed E-state index contributed by atoms with van der Waals surface area (Å²) in [6.45, 7) is 4.91. The molecule has 12 heteroatoms. The predicted octanol–water partition coefficient (Wildman–Crippen LogP) is 5.76. The van der Waals surface area contributed by atoms with E-state index in [0.29, 0.717) is 22.2 Å². The maximum absolute atomic E-state index is 13.0. The smallest absolute Gasteiger partial charge is 0.425 e. The number of fused-ring (bicyclic) bond motifs is 1. The number of hydrogen-bond acceptors (Lipinski definition) is 5. The van der Waals surface area contributed by atoms with Crippen LogP contribution in [0.1, 0.15) is 11.3 Å². The maximum Gasteiger partial charge on any atom is 0.573 e. The highest BCUT2D eigenvalue weighted by atomic mass is 35.5. The van der Waals surface area contributed by atoms with Crippen LogP contribution in [0.2, 0.25) is 5.02 Å². The van der Waals surface area contributed by atoms with Gasteiger partial charge in [-0.25, -0.2) is 4.79 Å². The van der Waals surface area contributed by atoms with Gasteiger partial charge in [0.25, 0.3) is 0 Å². The third-order valence-electron chi connectivity index (χ3n) is 5.37. The van der Waals surface area contributed by atoms with Crippen molar-refractivity contribution in [2.75, 3.05) is 32.2 Å². The third-order valence-corrected chi connectivity index (χ3v) is 5.62. The van der Waals surface area contributed by atoms with Gasteiger partial charge in [0.2, 0.25) is 0 Å². The molecule has 190 valence electrons. The van der Waals surface area contributed by atoms with Gasteiger partial charge >= 0.3 is 18.4 Å². The van der Waals surface area contributed by atoms with Crippen molar-refractivity contribution in [1.29, 1.82) is 0 Å². The molecule has 8 nitrogen and oxygen atoms in total. The van der Waals surface area contributed by atoms with Crippen LogP contribution in [0.25, 0.3) is 5.70 Å². The van der Waals surface area contributed by atoms with Gasteiger partial charge in [-0.2, -0.15) is 4.98 Å². The first kappa shape index (κ1) is 25.4. The van der Waals surface area contributed by atoms with Gasteiger partial charge in [-0.3, -0.25) is 14.4 Å². The number of benzene rings is 2. The number of carbonyl (C=O) groups is 1. The molecule has 3 aromatic rings. The van der Waals surface area contributed by atoms with Crippen molar-refractivity contribution in [3.8, 4) is 17.5 Å². The average molecular weight is 523 g/mol. The molecule has 0 bridgehead atoms. The topological polar surface area (TPSA) is 69.1 Å². The van der Waals surface area contributed by atoms with Gasteiger partial charge in [0, 0.05) is 25.2 Å². The minimum absolute atomic E-state index is 0.0495. The van der Waals surface area contributed by atoms with E-state index in [2.05, 4.69) is 16.3 Å². The Bertz CT molecular complexity index is 1280. The number of hydrogen-bond donors (Lipinski definition) is 0. The molecule has 0 N–H and O–H groups in total. The molecule has 0 saturated carbocycles. The summed E-state index contributed by atoms with van der Waals surface area (Å²) in [6.07, 6.45) is -4.85. The van der Waals surface area contributed by atoms with Crippen molar-refractivity contribution in [3.05, 3.63) is 71.4 Å². The molecule has 4 rings (SSSR count). The summed E-state index contributed by atoms with van der Waals surface area (Å²) in [7, 11) is 3.09. The van der Waals surface area contributed by atoms with E-state index in [4.69, 9.17) is 21.1 Å². The van der Waals surface area contributed by atoms with Crippen LogP contribution < -0.4 is 14.4 Å². The number of nitrogens with zero attached hydrogens (tertiary/aromatic N) is 4. The number of halogens is 4. The number of methoxy groups -OCH3 is 1. The Morgan fingerprint density at radius 3 is 2.47 bits per heavy atom. The Morgan fingerprint density at radius 2 is 1.81 bits per heavy atom. The standard InChI is InChI=1S/C24H22ClF3N4O4/c1-15-20-21(30(2)23(33)31(15)11-12-34-3)29-22(32(20)14-16-7-9-17(25)10-8-16)35-18-5-4-6-19(13-18)36-24(26,27)28/h4-10,13H,1,11-12,14H2,2-3H3. The molecule has 0 saturated heterocycles. The first-order chi connectivity index (χ1) is 17.1. The number of imidazole rings is 1. The fraction of sp³-hybridized carbons (Fsp3) is 0.250. The van der Waals surface area contributed by atoms with Gasteiger partial charge < -0.3 is 14.2 Å². The molecule has 0 unspecified atom stereocenters. The van der Waals surface area contributed by atoms with E-state index in [0.717, 1.165) is 17.7 Å². The number of aromatic nitrogens is 2. The number of amides is 2. The molecule has 2 heterocycles. The van der Waals surface area contributed by atoms with Gasteiger partial charge in [-0.1, -0.05) is 36.4 Å². The van der Waals surface area contributed by atoms with E-state index in [9.17, 15) is 18.0 Å². The second kappa shape index (κ2) is 10.1. The van der Waals surface area contributed by atoms with Gasteiger partial charge in [0.15, 0.2) is 5.82 Å². The van der Waals surface area contributed by atoms with Gasteiger partial charge in [0.05, 0.1) is 25.4 Å². The summed E-state index contributed by atoms with van der Waals surface area (Å²) in [4.78, 5) is 20.3. The molecule has 1 aromatic heterocycles. The van der Waals surface area contributed by atoms with Crippen molar-refractivity contribution in [2.45, 2.75) is 12.9 Å². The SMILES string of the molecule is C=C1c2c(nc(Oc3cccc(OC(F)(F)F)c3)n2Cc2ccc(Cl)cc2)N(C)C(=O)N1CCOC. The molecule has 1 aliphatic rings. The summed E-state index contributed by atoms with van der Waals surface area (Å²) < 4.78 is 54.8. The minimum Gasteiger partial charge on any atom is -0.425 e. The molecule has 0 aliphatic carbocycles. The highest BCUT2D eigenvalue weighted by molar-refractivity contribution is 6.30. The zero-order valence-electron chi connectivity index (χ0n) is 19.4. The van der Waals surface area contributed by atoms with Crippen molar-refractivity contribution in [1.82, 2.24) is 14.5 Å². The Balaban J connectivity index is 1.77. The lowest BCUT2D eigenvalue weighted by Crippen LogP contribution is -2.45. The van der Waals surface area contributed by atoms with Gasteiger partial charge in [-0.15, -0.1) is 13.2 Å². The quantitative estimate of drug-likeness (QED) is 0.376. The van der Waals surface area contributed by atoms with E-state index in [1.54, 1.807) is 23.7 Å². The zero-order valence-corrected chi connectivity index (χ0v) is 20.1. The fourth-order valence-corrected chi connectivity index (χ4v) is 3.83. The van der Waals surface area contributed by atoms with Gasteiger partial charge in [-0.05, 0) is 29.8 Å². The van der Waals surface area contributed by atoms with Crippen molar-refractivity contribution in [3.63, 3.8) is 0 Å². The van der Waals surface area contributed by atoms with Crippen molar-refractivity contribution >= 4 is 29.1 Å². The highest BCUT2D eigenvalue weighted by Crippen LogP contribution is 2.39. The second-order valence-electron chi connectivity index (χ2n) is 7.84. The van der Waals surface area contributed by atoms with E-state index < -0.39 is 12.1 Å². The maximum atomic E-state index is 13.0. The molecular formula is C24H22ClF3N4O4. The van der Waals surface area contributed by atoms with Crippen LogP contribution >= 0.6 is 11.6 Å². The summed E-state index contributed by atoms with van der Waals surface area (Å²) in [5.74, 6) is -0.0828. The lowest BCUT2D eigenvalue weighted by Gasteiger charge is -2.34. The normalized spacial score (nSPS) is 13.7. The number of alkyl halides is 3. The van der Waals surface area contributed by atoms with E-state index in [1.807, 2.05) is 12.1 Å². The Labute approximate surface area is 210 Å². The number of urea groups is 1. The Morgan fingerprint density at radius 1 is 1.11 bits per heavy atom. The van der Waals surface area contributed by atoms with E-state index >= 15 is 0 Å². The van der Waals surface area contributed by atoms with Crippen LogP contribution in [-0.2, 0) is 11.3 Å². The number of ether oxygens (including phenoxy) is 3. The summed E-state index contributed by atoms with van der Waals surface area (Å²) >= 11 is 6.02. The molecule has 36 heavy (non-hydrogen) atoms. The molecule has 0 atom stereocenters. The van der Waals surface area contributed by atoms with Crippen molar-refractivity contribution < 1.29 is 32.2 Å². The summed E-state index contributed by atoms with van der Waals surface area (Å²) in [5, 5.41) is 0.560. The summed E-state index contributed by atoms with van der Waals surface area (Å²) in [5.41, 5.74) is 1.74. The lowest BCUT2D eigenvalue weighted by molar-refractivity contribution is -0.274. The van der Waals surface area contributed by atoms with Crippen molar-refractivity contribution in [2.24, 2.45) is 0 Å². The first-order valence-corrected chi connectivity index (χ1v) is 11.1. The largest absolute Gasteiger partial charge is 0.573 e. The van der Waals surface area contributed by atoms with Crippen LogP contribution in [0.4, 0.5) is 23.8 Å². The van der Waals surface area contributed by atoms with Crippen LogP contribution in [0.5, 0.6) is 17.5 Å². The molecule has 0 radical (unpaired) electrons. The third kappa shape index (κ3) is 5.42. The minimum atomic E-state index is -4.85. The van der Waals surface area contributed by atoms with Crippen LogP contribution in [0.15, 0.2) is 55.1 Å².